The summed E-state index contributed by atoms with van der Waals surface area (Å²) in [5.74, 6) is -1.49. The van der Waals surface area contributed by atoms with Crippen molar-refractivity contribution in [2.75, 3.05) is 31.1 Å². The molecule has 2 heterocycles. The van der Waals surface area contributed by atoms with Gasteiger partial charge in [-0.1, -0.05) is 13.8 Å². The highest BCUT2D eigenvalue weighted by molar-refractivity contribution is 7.89. The van der Waals surface area contributed by atoms with Crippen molar-refractivity contribution >= 4 is 32.7 Å². The van der Waals surface area contributed by atoms with Crippen molar-refractivity contribution < 1.29 is 22.0 Å². The predicted octanol–water partition coefficient (Wildman–Crippen LogP) is 1.92. The monoisotopic (exact) mass is 490 g/mol. The minimum atomic E-state index is -4.06. The summed E-state index contributed by atoms with van der Waals surface area (Å²) in [7, 11) is -2.52. The molecular weight excluding hydrogens is 463 g/mol. The molecule has 1 aliphatic rings. The van der Waals surface area contributed by atoms with Crippen molar-refractivity contribution in [3.8, 4) is 0 Å². The number of anilines is 1. The number of fused-ring (bicyclic) bond motifs is 1. The lowest BCUT2D eigenvalue weighted by Gasteiger charge is -2.38. The molecule has 1 aromatic heterocycles. The molecule has 1 aliphatic heterocycles. The van der Waals surface area contributed by atoms with E-state index >= 15 is 0 Å². The summed E-state index contributed by atoms with van der Waals surface area (Å²) < 4.78 is 48.3. The van der Waals surface area contributed by atoms with Gasteiger partial charge in [-0.3, -0.25) is 9.36 Å². The highest BCUT2D eigenvalue weighted by atomic mass is 32.2. The van der Waals surface area contributed by atoms with Gasteiger partial charge < -0.3 is 14.2 Å². The molecule has 34 heavy (non-hydrogen) atoms. The van der Waals surface area contributed by atoms with Gasteiger partial charge in [0.2, 0.25) is 15.9 Å². The average Bonchev–Trinajstić information content (AvgIpc) is 3.10. The normalized spacial score (nSPS) is 15.8. The lowest BCUT2D eigenvalue weighted by Crippen LogP contribution is -2.56. The third kappa shape index (κ3) is 4.71. The maximum absolute atomic E-state index is 13.3. The van der Waals surface area contributed by atoms with Gasteiger partial charge in [-0.25, -0.2) is 17.6 Å². The standard InChI is InChI=1S/C23H27FN4O5S/c1-15(2)21(22(29)28-12-10-27(11-13-28)17-6-4-16(24)5-7-17)25-34(31,32)18-8-9-19-20(14-18)33-23(30)26(19)3/h4-9,14-15,21,25H,10-13H2,1-3H3/t21-/m1/s1. The van der Waals surface area contributed by atoms with E-state index in [1.165, 1.54) is 41.9 Å². The summed E-state index contributed by atoms with van der Waals surface area (Å²) in [5, 5.41) is 0. The Morgan fingerprint density at radius 2 is 1.71 bits per heavy atom. The third-order valence-electron chi connectivity index (χ3n) is 6.07. The summed E-state index contributed by atoms with van der Waals surface area (Å²) in [6.45, 7) is 5.50. The number of carbonyl (C=O) groups is 1. The molecule has 1 atom stereocenters. The van der Waals surface area contributed by atoms with Crippen LogP contribution >= 0.6 is 0 Å². The summed E-state index contributed by atoms with van der Waals surface area (Å²) in [6.07, 6.45) is 0. The maximum Gasteiger partial charge on any atom is 0.419 e. The minimum Gasteiger partial charge on any atom is -0.408 e. The van der Waals surface area contributed by atoms with Crippen LogP contribution in [0.1, 0.15) is 13.8 Å². The van der Waals surface area contributed by atoms with Crippen molar-refractivity contribution in [1.29, 1.82) is 0 Å². The molecular formula is C23H27FN4O5S. The smallest absolute Gasteiger partial charge is 0.408 e. The quantitative estimate of drug-likeness (QED) is 0.566. The van der Waals surface area contributed by atoms with Crippen LogP contribution in [0.3, 0.4) is 0 Å². The number of rotatable bonds is 6. The number of aryl methyl sites for hydroxylation is 1. The Labute approximate surface area is 196 Å². The SMILES string of the molecule is CC(C)[C@@H](NS(=O)(=O)c1ccc2c(c1)oc(=O)n2C)C(=O)N1CCN(c2ccc(F)cc2)CC1. The van der Waals surface area contributed by atoms with Crippen LogP contribution in [0.2, 0.25) is 0 Å². The molecule has 2 aromatic carbocycles. The number of oxazole rings is 1. The molecule has 3 aromatic rings. The number of nitrogens with one attached hydrogen (secondary N) is 1. The topological polar surface area (TPSA) is 105 Å². The second-order valence-electron chi connectivity index (χ2n) is 8.69. The van der Waals surface area contributed by atoms with Gasteiger partial charge in [0.1, 0.15) is 11.9 Å². The number of amides is 1. The van der Waals surface area contributed by atoms with E-state index in [1.807, 2.05) is 0 Å². The number of aromatic nitrogens is 1. The molecule has 0 unspecified atom stereocenters. The molecule has 1 saturated heterocycles. The molecule has 9 nitrogen and oxygen atoms in total. The molecule has 0 radical (unpaired) electrons. The molecule has 182 valence electrons. The fraction of sp³-hybridized carbons (Fsp3) is 0.391. The van der Waals surface area contributed by atoms with Gasteiger partial charge in [-0.05, 0) is 42.3 Å². The van der Waals surface area contributed by atoms with E-state index in [-0.39, 0.29) is 28.1 Å². The van der Waals surface area contributed by atoms with Gasteiger partial charge in [0.05, 0.1) is 10.4 Å². The van der Waals surface area contributed by atoms with Gasteiger partial charge in [0.15, 0.2) is 5.58 Å². The first kappa shape index (κ1) is 24.0. The Morgan fingerprint density at radius 1 is 1.06 bits per heavy atom. The fourth-order valence-electron chi connectivity index (χ4n) is 4.02. The van der Waals surface area contributed by atoms with E-state index in [2.05, 4.69) is 9.62 Å². The number of hydrogen-bond acceptors (Lipinski definition) is 6. The van der Waals surface area contributed by atoms with Crippen LogP contribution in [-0.2, 0) is 21.9 Å². The van der Waals surface area contributed by atoms with E-state index in [4.69, 9.17) is 4.42 Å². The largest absolute Gasteiger partial charge is 0.419 e. The van der Waals surface area contributed by atoms with Crippen LogP contribution in [0.4, 0.5) is 10.1 Å². The average molecular weight is 491 g/mol. The molecule has 0 aliphatic carbocycles. The van der Waals surface area contributed by atoms with Crippen LogP contribution in [0.25, 0.3) is 11.1 Å². The third-order valence-corrected chi connectivity index (χ3v) is 7.51. The van der Waals surface area contributed by atoms with Gasteiger partial charge in [-0.2, -0.15) is 4.72 Å². The Kier molecular flexibility index (Phi) is 6.50. The fourth-order valence-corrected chi connectivity index (χ4v) is 5.37. The first-order valence-corrected chi connectivity index (χ1v) is 12.5. The summed E-state index contributed by atoms with van der Waals surface area (Å²) in [4.78, 5) is 28.6. The van der Waals surface area contributed by atoms with Crippen LogP contribution in [-0.4, -0.2) is 56.0 Å². The Bertz CT molecular complexity index is 1360. The lowest BCUT2D eigenvalue weighted by molar-refractivity contribution is -0.134. The zero-order valence-corrected chi connectivity index (χ0v) is 20.0. The van der Waals surface area contributed by atoms with Crippen molar-refractivity contribution in [3.63, 3.8) is 0 Å². The molecule has 1 fully saturated rings. The number of benzene rings is 2. The van der Waals surface area contributed by atoms with Crippen molar-refractivity contribution in [2.45, 2.75) is 24.8 Å². The van der Waals surface area contributed by atoms with E-state index in [9.17, 15) is 22.4 Å². The number of carbonyl (C=O) groups excluding carboxylic acids is 1. The van der Waals surface area contributed by atoms with E-state index in [1.54, 1.807) is 30.9 Å². The van der Waals surface area contributed by atoms with E-state index in [0.29, 0.717) is 31.7 Å². The Morgan fingerprint density at radius 3 is 2.32 bits per heavy atom. The second-order valence-corrected chi connectivity index (χ2v) is 10.4. The van der Waals surface area contributed by atoms with Crippen molar-refractivity contribution in [2.24, 2.45) is 13.0 Å². The molecule has 11 heteroatoms. The van der Waals surface area contributed by atoms with E-state index < -0.39 is 21.8 Å². The number of piperazine rings is 1. The highest BCUT2D eigenvalue weighted by Gasteiger charge is 2.33. The molecule has 4 rings (SSSR count). The first-order chi connectivity index (χ1) is 16.1. The van der Waals surface area contributed by atoms with Crippen molar-refractivity contribution in [1.82, 2.24) is 14.2 Å². The van der Waals surface area contributed by atoms with Gasteiger partial charge >= 0.3 is 5.76 Å². The Balaban J connectivity index is 1.48. The summed E-state index contributed by atoms with van der Waals surface area (Å²) >= 11 is 0. The van der Waals surface area contributed by atoms with Crippen LogP contribution in [0, 0.1) is 11.7 Å². The predicted molar refractivity (Wildman–Crippen MR) is 126 cm³/mol. The van der Waals surface area contributed by atoms with Crippen LogP contribution < -0.4 is 15.4 Å². The maximum atomic E-state index is 13.3. The Hall–Kier alpha value is -3.18. The van der Waals surface area contributed by atoms with Gasteiger partial charge in [0.25, 0.3) is 0 Å². The molecule has 0 spiro atoms. The number of hydrogen-bond donors (Lipinski definition) is 1. The number of halogens is 1. The van der Waals surface area contributed by atoms with E-state index in [0.717, 1.165) is 5.69 Å². The lowest BCUT2D eigenvalue weighted by atomic mass is 10.0. The van der Waals surface area contributed by atoms with Crippen LogP contribution in [0.5, 0.6) is 0 Å². The molecule has 1 amide bonds. The zero-order chi connectivity index (χ0) is 24.6. The zero-order valence-electron chi connectivity index (χ0n) is 19.2. The number of nitrogens with zero attached hydrogens (tertiary/aromatic N) is 3. The first-order valence-electron chi connectivity index (χ1n) is 11.0. The highest BCUT2D eigenvalue weighted by Crippen LogP contribution is 2.21. The summed E-state index contributed by atoms with van der Waals surface area (Å²) in [5.41, 5.74) is 1.50. The van der Waals surface area contributed by atoms with Gasteiger partial charge in [-0.15, -0.1) is 0 Å². The van der Waals surface area contributed by atoms with Gasteiger partial charge in [0, 0.05) is 45.0 Å². The van der Waals surface area contributed by atoms with Crippen LogP contribution in [0.15, 0.2) is 56.6 Å². The molecule has 1 N–H and O–H groups in total. The molecule has 0 bridgehead atoms. The second kappa shape index (κ2) is 9.22. The van der Waals surface area contributed by atoms with Crippen molar-refractivity contribution in [3.05, 3.63) is 58.8 Å². The molecule has 0 saturated carbocycles. The summed E-state index contributed by atoms with van der Waals surface area (Å²) in [6, 6.07) is 9.39. The number of sulfonamides is 1. The minimum absolute atomic E-state index is 0.0890.